The first kappa shape index (κ1) is 17.8. The average Bonchev–Trinajstić information content (AvgIpc) is 3.27. The topological polar surface area (TPSA) is 85.7 Å². The lowest BCUT2D eigenvalue weighted by atomic mass is 10.1. The van der Waals surface area contributed by atoms with E-state index < -0.39 is 0 Å². The van der Waals surface area contributed by atoms with Gasteiger partial charge in [-0.25, -0.2) is 19.9 Å². The number of nitrogens with zero attached hydrogens (tertiary/aromatic N) is 4. The number of aromatic nitrogens is 4. The van der Waals surface area contributed by atoms with Gasteiger partial charge in [0.15, 0.2) is 0 Å². The van der Waals surface area contributed by atoms with Crippen LogP contribution in [0.1, 0.15) is 5.56 Å². The second-order valence-corrected chi connectivity index (χ2v) is 8.72. The first-order valence-corrected chi connectivity index (χ1v) is 10.8. The van der Waals surface area contributed by atoms with Gasteiger partial charge in [-0.2, -0.15) is 0 Å². The molecule has 7 aromatic rings. The Morgan fingerprint density at radius 3 is 1.34 bits per heavy atom. The Morgan fingerprint density at radius 2 is 0.906 bits per heavy atom. The lowest BCUT2D eigenvalue weighted by Crippen LogP contribution is -2.02. The van der Waals surface area contributed by atoms with Crippen LogP contribution in [-0.2, 0) is 0 Å². The highest BCUT2D eigenvalue weighted by Gasteiger charge is 2.21. The quantitative estimate of drug-likeness (QED) is 0.289. The summed E-state index contributed by atoms with van der Waals surface area (Å²) in [5.41, 5.74) is 4.67. The fourth-order valence-corrected chi connectivity index (χ4v) is 5.20. The molecule has 0 radical (unpaired) electrons. The molecule has 0 saturated heterocycles. The second-order valence-electron chi connectivity index (χ2n) is 7.92. The molecule has 0 atom stereocenters. The number of hydrogen-bond donors (Lipinski definition) is 0. The van der Waals surface area contributed by atoms with Gasteiger partial charge in [-0.05, 0) is 22.9 Å². The van der Waals surface area contributed by atoms with E-state index in [2.05, 4.69) is 15.9 Å². The fourth-order valence-electron chi connectivity index (χ4n) is 4.65. The van der Waals surface area contributed by atoms with E-state index in [9.17, 15) is 9.59 Å². The van der Waals surface area contributed by atoms with Crippen LogP contribution in [-0.4, -0.2) is 19.9 Å². The van der Waals surface area contributed by atoms with Crippen molar-refractivity contribution in [3.05, 3.63) is 79.0 Å². The summed E-state index contributed by atoms with van der Waals surface area (Å²) < 4.78 is 0.646. The molecular weight excluding hydrogens is 468 g/mol. The third-order valence-electron chi connectivity index (χ3n) is 6.20. The van der Waals surface area contributed by atoms with E-state index in [0.717, 1.165) is 16.3 Å². The third kappa shape index (κ3) is 2.04. The van der Waals surface area contributed by atoms with Crippen molar-refractivity contribution in [2.75, 3.05) is 0 Å². The average molecular weight is 479 g/mol. The molecule has 0 spiro atoms. The molecule has 2 heterocycles. The zero-order valence-electron chi connectivity index (χ0n) is 16.6. The van der Waals surface area contributed by atoms with Gasteiger partial charge in [0.25, 0.3) is 0 Å². The standard InChI is InChI=1S/C25H11BrN4O2/c1-10-16-20(29-18-11-6-2-4-8-13(11)24(31)22(18)27-16)15(26)21-17(10)28-23-19(30-21)12-7-3-5-9-14(12)25(23)32/h2-9H,1H3. The molecule has 0 aliphatic carbocycles. The summed E-state index contributed by atoms with van der Waals surface area (Å²) in [6.45, 7) is 1.87. The van der Waals surface area contributed by atoms with Crippen molar-refractivity contribution < 1.29 is 0 Å². The minimum absolute atomic E-state index is 0.133. The van der Waals surface area contributed by atoms with Gasteiger partial charge in [-0.15, -0.1) is 0 Å². The van der Waals surface area contributed by atoms with E-state index in [0.29, 0.717) is 59.4 Å². The maximum atomic E-state index is 12.9. The zero-order chi connectivity index (χ0) is 21.7. The van der Waals surface area contributed by atoms with Crippen molar-refractivity contribution in [3.8, 4) is 0 Å². The highest BCUT2D eigenvalue weighted by atomic mass is 79.9. The van der Waals surface area contributed by atoms with Crippen LogP contribution >= 0.6 is 15.9 Å². The van der Waals surface area contributed by atoms with Crippen LogP contribution in [0.25, 0.3) is 65.7 Å². The Labute approximate surface area is 187 Å². The number of benzene rings is 3. The molecule has 0 N–H and O–H groups in total. The van der Waals surface area contributed by atoms with Crippen LogP contribution in [0.3, 0.4) is 0 Å². The Kier molecular flexibility index (Phi) is 3.28. The van der Waals surface area contributed by atoms with Gasteiger partial charge in [0, 0.05) is 27.1 Å². The minimum Gasteiger partial charge on any atom is -0.287 e. The zero-order valence-corrected chi connectivity index (χ0v) is 18.2. The summed E-state index contributed by atoms with van der Waals surface area (Å²) in [7, 11) is 0. The first-order chi connectivity index (χ1) is 15.5. The molecule has 0 bridgehead atoms. The number of halogens is 1. The summed E-state index contributed by atoms with van der Waals surface area (Å²) in [6.07, 6.45) is 0. The maximum Gasteiger partial charge on any atom is 0.214 e. The van der Waals surface area contributed by atoms with Crippen molar-refractivity contribution >= 4 is 81.6 Å². The maximum absolute atomic E-state index is 12.9. The van der Waals surface area contributed by atoms with Crippen LogP contribution in [0.4, 0.5) is 0 Å². The molecule has 0 amide bonds. The predicted octanol–water partition coefficient (Wildman–Crippen LogP) is 4.85. The Bertz CT molecular complexity index is 1910. The van der Waals surface area contributed by atoms with Gasteiger partial charge < -0.3 is 0 Å². The molecule has 6 nitrogen and oxygen atoms in total. The lowest BCUT2D eigenvalue weighted by molar-refractivity contribution is 1.33. The highest BCUT2D eigenvalue weighted by Crippen LogP contribution is 2.36. The van der Waals surface area contributed by atoms with Crippen LogP contribution in [0.5, 0.6) is 0 Å². The van der Waals surface area contributed by atoms with Crippen LogP contribution in [0.15, 0.2) is 62.6 Å². The molecular formula is C25H11BrN4O2. The van der Waals surface area contributed by atoms with Gasteiger partial charge in [-0.3, -0.25) is 9.59 Å². The number of hydrogen-bond acceptors (Lipinski definition) is 6. The molecule has 0 unspecified atom stereocenters. The van der Waals surface area contributed by atoms with Crippen LogP contribution < -0.4 is 10.9 Å². The minimum atomic E-state index is -0.133. The second kappa shape index (κ2) is 5.89. The van der Waals surface area contributed by atoms with Crippen LogP contribution in [0.2, 0.25) is 0 Å². The fraction of sp³-hybridized carbons (Fsp3) is 0.0400. The molecule has 0 saturated carbocycles. The molecule has 7 heteroatoms. The molecule has 0 fully saturated rings. The van der Waals surface area contributed by atoms with Crippen molar-refractivity contribution in [2.45, 2.75) is 6.92 Å². The summed E-state index contributed by atoms with van der Waals surface area (Å²) in [6, 6.07) is 14.8. The monoisotopic (exact) mass is 478 g/mol. The van der Waals surface area contributed by atoms with Crippen molar-refractivity contribution in [3.63, 3.8) is 0 Å². The largest absolute Gasteiger partial charge is 0.287 e. The normalized spacial score (nSPS) is 12.3. The van der Waals surface area contributed by atoms with Gasteiger partial charge in [0.05, 0.1) is 15.5 Å². The molecule has 7 rings (SSSR count). The van der Waals surface area contributed by atoms with Crippen molar-refractivity contribution in [2.24, 2.45) is 0 Å². The summed E-state index contributed by atoms with van der Waals surface area (Å²) in [5.74, 6) is 0. The number of fused-ring (bicyclic) bond motifs is 8. The van der Waals surface area contributed by atoms with Crippen molar-refractivity contribution in [1.29, 1.82) is 0 Å². The van der Waals surface area contributed by atoms with E-state index in [1.165, 1.54) is 0 Å². The SMILES string of the molecule is Cc1c2nc3c(=O)c4ccccc4c3nc2c(Br)c2nc3c(nc12)c(=O)c1ccccc13. The molecule has 0 aliphatic heterocycles. The Hall–Kier alpha value is -3.84. The van der Waals surface area contributed by atoms with E-state index in [1.807, 2.05) is 43.3 Å². The third-order valence-corrected chi connectivity index (χ3v) is 6.95. The Morgan fingerprint density at radius 1 is 0.531 bits per heavy atom. The van der Waals surface area contributed by atoms with Gasteiger partial charge >= 0.3 is 0 Å². The first-order valence-electron chi connectivity index (χ1n) is 10.0. The summed E-state index contributed by atoms with van der Waals surface area (Å²) >= 11 is 3.67. The molecule has 150 valence electrons. The van der Waals surface area contributed by atoms with Crippen LogP contribution in [0, 0.1) is 6.92 Å². The highest BCUT2D eigenvalue weighted by molar-refractivity contribution is 9.10. The van der Waals surface area contributed by atoms with Gasteiger partial charge in [0.2, 0.25) is 10.9 Å². The van der Waals surface area contributed by atoms with E-state index >= 15 is 0 Å². The van der Waals surface area contributed by atoms with E-state index in [-0.39, 0.29) is 10.9 Å². The predicted molar refractivity (Wildman–Crippen MR) is 130 cm³/mol. The van der Waals surface area contributed by atoms with E-state index in [4.69, 9.17) is 19.9 Å². The number of aryl methyl sites for hydroxylation is 1. The van der Waals surface area contributed by atoms with Gasteiger partial charge in [0.1, 0.15) is 33.1 Å². The van der Waals surface area contributed by atoms with Crippen molar-refractivity contribution in [1.82, 2.24) is 19.9 Å². The molecule has 5 aromatic carbocycles. The number of rotatable bonds is 0. The van der Waals surface area contributed by atoms with Gasteiger partial charge in [-0.1, -0.05) is 48.5 Å². The summed E-state index contributed by atoms with van der Waals surface area (Å²) in [5, 5.41) is 2.78. The molecule has 2 aromatic heterocycles. The van der Waals surface area contributed by atoms with E-state index in [1.54, 1.807) is 12.1 Å². The lowest BCUT2D eigenvalue weighted by Gasteiger charge is -2.09. The molecule has 0 aliphatic rings. The molecule has 32 heavy (non-hydrogen) atoms. The Balaban J connectivity index is 1.73. The summed E-state index contributed by atoms with van der Waals surface area (Å²) in [4.78, 5) is 45.0. The smallest absolute Gasteiger partial charge is 0.214 e.